The molecular formula is C26H31N5O. The molecule has 2 fully saturated rings. The number of benzene rings is 2. The number of pyridine rings is 1. The molecule has 32 heavy (non-hydrogen) atoms. The second kappa shape index (κ2) is 9.17. The van der Waals surface area contributed by atoms with E-state index in [-0.39, 0.29) is 5.91 Å². The van der Waals surface area contributed by atoms with Crippen LogP contribution in [0.2, 0.25) is 0 Å². The van der Waals surface area contributed by atoms with Gasteiger partial charge < -0.3 is 20.0 Å². The Balaban J connectivity index is 1.38. The predicted molar refractivity (Wildman–Crippen MR) is 131 cm³/mol. The van der Waals surface area contributed by atoms with Crippen LogP contribution < -0.4 is 15.1 Å². The molecule has 6 heteroatoms. The van der Waals surface area contributed by atoms with Crippen LogP contribution >= 0.6 is 0 Å². The Hall–Kier alpha value is -3.12. The van der Waals surface area contributed by atoms with E-state index in [0.717, 1.165) is 74.4 Å². The minimum Gasteiger partial charge on any atom is -0.369 e. The van der Waals surface area contributed by atoms with Crippen molar-refractivity contribution < 1.29 is 4.79 Å². The average Bonchev–Trinajstić information content (AvgIpc) is 3.37. The van der Waals surface area contributed by atoms with Crippen molar-refractivity contribution in [1.29, 1.82) is 0 Å². The number of para-hydroxylation sites is 2. The van der Waals surface area contributed by atoms with Crippen molar-refractivity contribution in [1.82, 2.24) is 15.2 Å². The highest BCUT2D eigenvalue weighted by Crippen LogP contribution is 2.27. The Morgan fingerprint density at radius 1 is 0.906 bits per heavy atom. The van der Waals surface area contributed by atoms with Gasteiger partial charge in [-0.2, -0.15) is 0 Å². The number of carbonyl (C=O) groups excluding carboxylic acids is 1. The molecule has 6 nitrogen and oxygen atoms in total. The number of fused-ring (bicyclic) bond motifs is 1. The summed E-state index contributed by atoms with van der Waals surface area (Å²) in [6.45, 7) is 6.55. The molecular weight excluding hydrogens is 398 g/mol. The summed E-state index contributed by atoms with van der Waals surface area (Å²) in [7, 11) is 2.17. The maximum absolute atomic E-state index is 13.4. The van der Waals surface area contributed by atoms with Crippen LogP contribution in [0.15, 0.2) is 54.6 Å². The Bertz CT molecular complexity index is 1100. The normalized spacial score (nSPS) is 17.2. The summed E-state index contributed by atoms with van der Waals surface area (Å²) in [5.41, 5.74) is 3.98. The fourth-order valence-electron chi connectivity index (χ4n) is 4.73. The Morgan fingerprint density at radius 2 is 1.62 bits per heavy atom. The van der Waals surface area contributed by atoms with Crippen LogP contribution in [-0.2, 0) is 6.54 Å². The van der Waals surface area contributed by atoms with Gasteiger partial charge in [0, 0.05) is 56.9 Å². The SMILES string of the molecule is CN1CCN(c2ccccc2CNC(=O)c2cc3ccccc3nc2N2CCCC2)CC1. The van der Waals surface area contributed by atoms with Gasteiger partial charge >= 0.3 is 0 Å². The first-order valence-electron chi connectivity index (χ1n) is 11.6. The zero-order chi connectivity index (χ0) is 21.9. The highest BCUT2D eigenvalue weighted by molar-refractivity contribution is 6.02. The van der Waals surface area contributed by atoms with Gasteiger partial charge in [0.15, 0.2) is 0 Å². The number of nitrogens with zero attached hydrogens (tertiary/aromatic N) is 4. The molecule has 5 rings (SSSR count). The molecule has 0 unspecified atom stereocenters. The number of rotatable bonds is 5. The number of amides is 1. The van der Waals surface area contributed by atoms with E-state index in [1.807, 2.05) is 36.4 Å². The number of carbonyl (C=O) groups is 1. The molecule has 2 aliphatic rings. The highest BCUT2D eigenvalue weighted by Gasteiger charge is 2.23. The molecule has 2 aliphatic heterocycles. The molecule has 2 aromatic carbocycles. The molecule has 0 aliphatic carbocycles. The van der Waals surface area contributed by atoms with E-state index in [9.17, 15) is 4.79 Å². The third kappa shape index (κ3) is 4.28. The van der Waals surface area contributed by atoms with Crippen LogP contribution in [0.4, 0.5) is 11.5 Å². The maximum Gasteiger partial charge on any atom is 0.255 e. The summed E-state index contributed by atoms with van der Waals surface area (Å²) in [4.78, 5) is 25.3. The number of nitrogens with one attached hydrogen (secondary N) is 1. The second-order valence-corrected chi connectivity index (χ2v) is 8.85. The quantitative estimate of drug-likeness (QED) is 0.673. The number of hydrogen-bond acceptors (Lipinski definition) is 5. The number of likely N-dealkylation sites (N-methyl/N-ethyl adjacent to an activating group) is 1. The predicted octanol–water partition coefficient (Wildman–Crippen LogP) is 3.52. The first-order valence-corrected chi connectivity index (χ1v) is 11.6. The van der Waals surface area contributed by atoms with Gasteiger partial charge in [-0.05, 0) is 43.7 Å². The zero-order valence-electron chi connectivity index (χ0n) is 18.8. The lowest BCUT2D eigenvalue weighted by Crippen LogP contribution is -2.45. The molecule has 1 aromatic heterocycles. The zero-order valence-corrected chi connectivity index (χ0v) is 18.8. The fraction of sp³-hybridized carbons (Fsp3) is 0.385. The minimum atomic E-state index is -0.0571. The Morgan fingerprint density at radius 3 is 2.44 bits per heavy atom. The summed E-state index contributed by atoms with van der Waals surface area (Å²) < 4.78 is 0. The average molecular weight is 430 g/mol. The number of piperazine rings is 1. The van der Waals surface area contributed by atoms with E-state index in [1.165, 1.54) is 5.69 Å². The molecule has 0 saturated carbocycles. The van der Waals surface area contributed by atoms with Gasteiger partial charge in [0.25, 0.3) is 5.91 Å². The highest BCUT2D eigenvalue weighted by atomic mass is 16.1. The van der Waals surface area contributed by atoms with Crippen LogP contribution in [0.25, 0.3) is 10.9 Å². The molecule has 2 saturated heterocycles. The van der Waals surface area contributed by atoms with Crippen molar-refractivity contribution in [2.75, 3.05) is 56.1 Å². The Labute approximate surface area is 189 Å². The fourth-order valence-corrected chi connectivity index (χ4v) is 4.73. The summed E-state index contributed by atoms with van der Waals surface area (Å²) in [6.07, 6.45) is 2.29. The molecule has 166 valence electrons. The van der Waals surface area contributed by atoms with Gasteiger partial charge in [0.05, 0.1) is 11.1 Å². The van der Waals surface area contributed by atoms with Crippen LogP contribution in [0.5, 0.6) is 0 Å². The monoisotopic (exact) mass is 429 g/mol. The maximum atomic E-state index is 13.4. The van der Waals surface area contributed by atoms with Crippen molar-refractivity contribution in [2.45, 2.75) is 19.4 Å². The molecule has 0 radical (unpaired) electrons. The van der Waals surface area contributed by atoms with E-state index in [0.29, 0.717) is 12.1 Å². The smallest absolute Gasteiger partial charge is 0.255 e. The van der Waals surface area contributed by atoms with E-state index < -0.39 is 0 Å². The van der Waals surface area contributed by atoms with E-state index in [2.05, 4.69) is 45.3 Å². The largest absolute Gasteiger partial charge is 0.369 e. The van der Waals surface area contributed by atoms with Gasteiger partial charge in [-0.25, -0.2) is 4.98 Å². The molecule has 0 bridgehead atoms. The van der Waals surface area contributed by atoms with E-state index >= 15 is 0 Å². The summed E-state index contributed by atoms with van der Waals surface area (Å²) in [5, 5.41) is 4.19. The lowest BCUT2D eigenvalue weighted by molar-refractivity contribution is 0.0951. The van der Waals surface area contributed by atoms with Gasteiger partial charge in [-0.1, -0.05) is 36.4 Å². The first kappa shape index (κ1) is 20.8. The summed E-state index contributed by atoms with van der Waals surface area (Å²) >= 11 is 0. The van der Waals surface area contributed by atoms with E-state index in [1.54, 1.807) is 0 Å². The van der Waals surface area contributed by atoms with Gasteiger partial charge in [0.1, 0.15) is 5.82 Å². The molecule has 3 aromatic rings. The van der Waals surface area contributed by atoms with Crippen molar-refractivity contribution in [3.63, 3.8) is 0 Å². The minimum absolute atomic E-state index is 0.0571. The lowest BCUT2D eigenvalue weighted by atomic mass is 10.1. The van der Waals surface area contributed by atoms with Crippen molar-refractivity contribution in [3.05, 3.63) is 65.7 Å². The first-order chi connectivity index (χ1) is 15.7. The third-order valence-corrected chi connectivity index (χ3v) is 6.63. The molecule has 0 spiro atoms. The van der Waals surface area contributed by atoms with Crippen LogP contribution in [0.3, 0.4) is 0 Å². The van der Waals surface area contributed by atoms with Crippen molar-refractivity contribution >= 4 is 28.3 Å². The molecule has 0 atom stereocenters. The van der Waals surface area contributed by atoms with Crippen LogP contribution in [-0.4, -0.2) is 62.1 Å². The standard InChI is InChI=1S/C26H31N5O/c1-29-14-16-30(17-15-29)24-11-5-3-9-21(24)19-27-26(32)22-18-20-8-2-4-10-23(20)28-25(22)31-12-6-7-13-31/h2-5,8-11,18H,6-7,12-17,19H2,1H3,(H,27,32). The second-order valence-electron chi connectivity index (χ2n) is 8.85. The van der Waals surface area contributed by atoms with Gasteiger partial charge in [-0.3, -0.25) is 4.79 Å². The van der Waals surface area contributed by atoms with Crippen molar-refractivity contribution in [3.8, 4) is 0 Å². The summed E-state index contributed by atoms with van der Waals surface area (Å²) in [5.74, 6) is 0.754. The van der Waals surface area contributed by atoms with E-state index in [4.69, 9.17) is 4.98 Å². The Kier molecular flexibility index (Phi) is 5.95. The molecule has 3 heterocycles. The van der Waals surface area contributed by atoms with Crippen LogP contribution in [0.1, 0.15) is 28.8 Å². The summed E-state index contributed by atoms with van der Waals surface area (Å²) in [6, 6.07) is 18.4. The van der Waals surface area contributed by atoms with Crippen molar-refractivity contribution in [2.24, 2.45) is 0 Å². The van der Waals surface area contributed by atoms with Crippen LogP contribution in [0, 0.1) is 0 Å². The molecule has 1 amide bonds. The number of anilines is 2. The topological polar surface area (TPSA) is 51.7 Å². The lowest BCUT2D eigenvalue weighted by Gasteiger charge is -2.35. The number of hydrogen-bond donors (Lipinski definition) is 1. The number of aromatic nitrogens is 1. The molecule has 1 N–H and O–H groups in total. The van der Waals surface area contributed by atoms with Gasteiger partial charge in [0.2, 0.25) is 0 Å². The third-order valence-electron chi connectivity index (χ3n) is 6.63. The van der Waals surface area contributed by atoms with Gasteiger partial charge in [-0.15, -0.1) is 0 Å².